The first-order valence-corrected chi connectivity index (χ1v) is 5.73. The number of thiol groups is 1. The molecule has 0 aliphatic carbocycles. The molecule has 3 nitrogen and oxygen atoms in total. The van der Waals surface area contributed by atoms with Crippen LogP contribution in [0.25, 0.3) is 0 Å². The molecule has 19 heavy (non-hydrogen) atoms. The van der Waals surface area contributed by atoms with Crippen molar-refractivity contribution in [3.8, 4) is 6.07 Å². The number of nitrogens with zero attached hydrogens (tertiary/aromatic N) is 1. The molecule has 1 rings (SSSR count). The Morgan fingerprint density at radius 3 is 2.58 bits per heavy atom. The maximum atomic E-state index is 12.7. The topological polar surface area (TPSA) is 50.1 Å². The Labute approximate surface area is 113 Å². The predicted octanol–water partition coefficient (Wildman–Crippen LogP) is 2.97. The molecule has 0 aliphatic rings. The molecule has 1 aromatic carbocycles. The van der Waals surface area contributed by atoms with Gasteiger partial charge in [0.2, 0.25) is 0 Å². The van der Waals surface area contributed by atoms with Crippen LogP contribution in [0.4, 0.5) is 13.2 Å². The Morgan fingerprint density at radius 1 is 1.47 bits per heavy atom. The first kappa shape index (κ1) is 15.4. The van der Waals surface area contributed by atoms with Gasteiger partial charge in [-0.05, 0) is 24.6 Å². The van der Waals surface area contributed by atoms with E-state index >= 15 is 0 Å². The van der Waals surface area contributed by atoms with E-state index in [9.17, 15) is 18.0 Å². The molecule has 0 saturated heterocycles. The first-order chi connectivity index (χ1) is 8.81. The highest BCUT2D eigenvalue weighted by atomic mass is 32.1. The van der Waals surface area contributed by atoms with E-state index in [1.54, 1.807) is 6.92 Å². The van der Waals surface area contributed by atoms with Crippen LogP contribution < -0.4 is 0 Å². The monoisotopic (exact) mass is 289 g/mol. The number of benzene rings is 1. The molecule has 0 aliphatic heterocycles. The molecule has 102 valence electrons. The lowest BCUT2D eigenvalue weighted by molar-refractivity contribution is -0.143. The Hall–Kier alpha value is -1.68. The molecule has 0 amide bonds. The van der Waals surface area contributed by atoms with E-state index < -0.39 is 29.7 Å². The third-order valence-electron chi connectivity index (χ3n) is 2.33. The second kappa shape index (κ2) is 5.97. The second-order valence-corrected chi connectivity index (χ2v) is 4.06. The number of ether oxygens (including phenoxy) is 1. The lowest BCUT2D eigenvalue weighted by atomic mass is 9.99. The van der Waals surface area contributed by atoms with E-state index in [0.29, 0.717) is 0 Å². The maximum Gasteiger partial charge on any atom is 0.417 e. The maximum absolute atomic E-state index is 12.7. The molecule has 0 atom stereocenters. The summed E-state index contributed by atoms with van der Waals surface area (Å²) < 4.78 is 42.9. The highest BCUT2D eigenvalue weighted by molar-refractivity contribution is 7.80. The SMILES string of the molecule is CCOC(=O)Cc1c(S)ccc(C(F)(F)F)c1C#N. The van der Waals surface area contributed by atoms with Gasteiger partial charge in [-0.3, -0.25) is 4.79 Å². The molecule has 0 fully saturated rings. The van der Waals surface area contributed by atoms with Gasteiger partial charge in [-0.25, -0.2) is 0 Å². The summed E-state index contributed by atoms with van der Waals surface area (Å²) in [5.41, 5.74) is -1.74. The van der Waals surface area contributed by atoms with Crippen molar-refractivity contribution < 1.29 is 22.7 Å². The molecule has 0 aromatic heterocycles. The van der Waals surface area contributed by atoms with E-state index in [0.717, 1.165) is 12.1 Å². The highest BCUT2D eigenvalue weighted by Crippen LogP contribution is 2.35. The average molecular weight is 289 g/mol. The third-order valence-corrected chi connectivity index (χ3v) is 2.75. The van der Waals surface area contributed by atoms with Crippen molar-refractivity contribution in [2.24, 2.45) is 0 Å². The second-order valence-electron chi connectivity index (χ2n) is 3.58. The summed E-state index contributed by atoms with van der Waals surface area (Å²) in [4.78, 5) is 11.5. The number of carbonyl (C=O) groups is 1. The Morgan fingerprint density at radius 2 is 2.11 bits per heavy atom. The van der Waals surface area contributed by atoms with E-state index in [2.05, 4.69) is 17.4 Å². The third kappa shape index (κ3) is 3.64. The van der Waals surface area contributed by atoms with Crippen molar-refractivity contribution in [2.45, 2.75) is 24.4 Å². The van der Waals surface area contributed by atoms with E-state index in [4.69, 9.17) is 5.26 Å². The van der Waals surface area contributed by atoms with Crippen molar-refractivity contribution >= 4 is 18.6 Å². The normalized spacial score (nSPS) is 10.9. The first-order valence-electron chi connectivity index (χ1n) is 5.29. The number of halogens is 3. The largest absolute Gasteiger partial charge is 0.466 e. The van der Waals surface area contributed by atoms with Gasteiger partial charge in [-0.15, -0.1) is 12.6 Å². The van der Waals surface area contributed by atoms with Gasteiger partial charge in [0.25, 0.3) is 0 Å². The van der Waals surface area contributed by atoms with Crippen molar-refractivity contribution in [2.75, 3.05) is 6.61 Å². The zero-order chi connectivity index (χ0) is 14.6. The summed E-state index contributed by atoms with van der Waals surface area (Å²) in [5.74, 6) is -0.700. The van der Waals surface area contributed by atoms with Crippen LogP contribution in [0.5, 0.6) is 0 Å². The van der Waals surface area contributed by atoms with Gasteiger partial charge in [0.1, 0.15) is 6.07 Å². The summed E-state index contributed by atoms with van der Waals surface area (Å²) >= 11 is 3.98. The number of alkyl halides is 3. The molecule has 0 N–H and O–H groups in total. The lowest BCUT2D eigenvalue weighted by Crippen LogP contribution is -2.14. The van der Waals surface area contributed by atoms with Crippen molar-refractivity contribution in [1.29, 1.82) is 5.26 Å². The lowest BCUT2D eigenvalue weighted by Gasteiger charge is -2.13. The van der Waals surface area contributed by atoms with Crippen LogP contribution in [0.15, 0.2) is 17.0 Å². The molecule has 0 spiro atoms. The fourth-order valence-electron chi connectivity index (χ4n) is 1.54. The average Bonchev–Trinajstić information content (AvgIpc) is 2.30. The summed E-state index contributed by atoms with van der Waals surface area (Å²) in [6.45, 7) is 1.69. The van der Waals surface area contributed by atoms with Gasteiger partial charge >= 0.3 is 12.1 Å². The molecule has 0 saturated carbocycles. The number of rotatable bonds is 3. The van der Waals surface area contributed by atoms with E-state index in [-0.39, 0.29) is 17.1 Å². The van der Waals surface area contributed by atoms with Gasteiger partial charge in [0.05, 0.1) is 24.2 Å². The minimum Gasteiger partial charge on any atom is -0.466 e. The van der Waals surface area contributed by atoms with E-state index in [1.165, 1.54) is 6.07 Å². The van der Waals surface area contributed by atoms with Crippen LogP contribution >= 0.6 is 12.6 Å². The smallest absolute Gasteiger partial charge is 0.417 e. The minimum atomic E-state index is -4.66. The van der Waals surface area contributed by atoms with Crippen LogP contribution in [0.2, 0.25) is 0 Å². The quantitative estimate of drug-likeness (QED) is 0.687. The van der Waals surface area contributed by atoms with Crippen LogP contribution in [-0.2, 0) is 22.1 Å². The highest BCUT2D eigenvalue weighted by Gasteiger charge is 2.35. The number of carbonyl (C=O) groups excluding carboxylic acids is 1. The minimum absolute atomic E-state index is 0.0703. The van der Waals surface area contributed by atoms with Crippen LogP contribution in [0, 0.1) is 11.3 Å². The van der Waals surface area contributed by atoms with Gasteiger partial charge in [0.15, 0.2) is 0 Å². The molecular formula is C12H10F3NO2S. The Balaban J connectivity index is 3.31. The van der Waals surface area contributed by atoms with Crippen LogP contribution in [0.1, 0.15) is 23.6 Å². The molecule has 7 heteroatoms. The van der Waals surface area contributed by atoms with E-state index in [1.807, 2.05) is 0 Å². The fraction of sp³-hybridized carbons (Fsp3) is 0.333. The Bertz CT molecular complexity index is 535. The number of hydrogen-bond acceptors (Lipinski definition) is 4. The van der Waals surface area contributed by atoms with Gasteiger partial charge < -0.3 is 4.74 Å². The molecular weight excluding hydrogens is 279 g/mol. The van der Waals surface area contributed by atoms with Gasteiger partial charge in [0, 0.05) is 4.90 Å². The zero-order valence-electron chi connectivity index (χ0n) is 9.91. The van der Waals surface area contributed by atoms with Crippen molar-refractivity contribution in [1.82, 2.24) is 0 Å². The van der Waals surface area contributed by atoms with Gasteiger partial charge in [-0.2, -0.15) is 18.4 Å². The summed E-state index contributed by atoms with van der Waals surface area (Å²) in [7, 11) is 0. The molecule has 0 bridgehead atoms. The number of nitriles is 1. The summed E-state index contributed by atoms with van der Waals surface area (Å²) in [5, 5.41) is 8.89. The number of esters is 1. The van der Waals surface area contributed by atoms with Gasteiger partial charge in [-0.1, -0.05) is 0 Å². The van der Waals surface area contributed by atoms with Crippen LogP contribution in [0.3, 0.4) is 0 Å². The summed E-state index contributed by atoms with van der Waals surface area (Å²) in [6.07, 6.45) is -5.07. The predicted molar refractivity (Wildman–Crippen MR) is 63.7 cm³/mol. The standard InChI is InChI=1S/C12H10F3NO2S/c1-2-18-11(17)5-7-8(6-16)9(12(13,14)15)3-4-10(7)19/h3-4,19H,2,5H2,1H3. The van der Waals surface area contributed by atoms with Crippen molar-refractivity contribution in [3.63, 3.8) is 0 Å². The number of hydrogen-bond donors (Lipinski definition) is 1. The summed E-state index contributed by atoms with van der Waals surface area (Å²) in [6, 6.07) is 3.37. The molecule has 0 radical (unpaired) electrons. The molecule has 0 heterocycles. The molecule has 0 unspecified atom stereocenters. The fourth-order valence-corrected chi connectivity index (χ4v) is 1.80. The molecule has 1 aromatic rings. The zero-order valence-corrected chi connectivity index (χ0v) is 10.8. The van der Waals surface area contributed by atoms with Crippen LogP contribution in [-0.4, -0.2) is 12.6 Å². The van der Waals surface area contributed by atoms with Crippen molar-refractivity contribution in [3.05, 3.63) is 28.8 Å². The Kier molecular flexibility index (Phi) is 4.84.